The van der Waals surface area contributed by atoms with E-state index in [2.05, 4.69) is 15.9 Å². The maximum atomic E-state index is 10.6. The minimum absolute atomic E-state index is 0.0130. The van der Waals surface area contributed by atoms with Crippen LogP contribution in [-0.2, 0) is 0 Å². The van der Waals surface area contributed by atoms with E-state index in [0.717, 1.165) is 4.70 Å². The van der Waals surface area contributed by atoms with Gasteiger partial charge in [0.1, 0.15) is 5.75 Å². The number of aromatic hydroxyl groups is 1. The topological polar surface area (TPSA) is 63.4 Å². The molecule has 1 N–H and O–H groups in total. The highest BCUT2D eigenvalue weighted by Gasteiger charge is 2.15. The molecular formula is C8H4BrNO3S. The van der Waals surface area contributed by atoms with Gasteiger partial charge in [0.15, 0.2) is 0 Å². The van der Waals surface area contributed by atoms with Gasteiger partial charge in [-0.05, 0) is 28.1 Å². The quantitative estimate of drug-likeness (QED) is 0.641. The van der Waals surface area contributed by atoms with E-state index >= 15 is 0 Å². The molecule has 0 bridgehead atoms. The van der Waals surface area contributed by atoms with E-state index in [1.165, 1.54) is 22.8 Å². The standard InChI is InChI=1S/C8H4BrNO3S/c9-5-2-8-4(1-7(5)11)6(3-14-8)10(12)13/h1-3,11H. The van der Waals surface area contributed by atoms with Crippen LogP contribution in [0.3, 0.4) is 0 Å². The second kappa shape index (κ2) is 3.21. The number of phenols is 1. The van der Waals surface area contributed by atoms with Crippen LogP contribution in [0.15, 0.2) is 22.0 Å². The zero-order chi connectivity index (χ0) is 10.3. The molecule has 0 saturated heterocycles. The van der Waals surface area contributed by atoms with E-state index in [9.17, 15) is 15.2 Å². The van der Waals surface area contributed by atoms with Crippen molar-refractivity contribution < 1.29 is 10.0 Å². The summed E-state index contributed by atoms with van der Waals surface area (Å²) >= 11 is 4.43. The third-order valence-corrected chi connectivity index (χ3v) is 3.39. The summed E-state index contributed by atoms with van der Waals surface area (Å²) in [5.41, 5.74) is 0.0350. The molecule has 0 aliphatic rings. The zero-order valence-corrected chi connectivity index (χ0v) is 9.13. The lowest BCUT2D eigenvalue weighted by Gasteiger charge is -1.95. The highest BCUT2D eigenvalue weighted by molar-refractivity contribution is 9.10. The Bertz CT molecular complexity index is 523. The van der Waals surface area contributed by atoms with Gasteiger partial charge in [0.25, 0.3) is 5.69 Å². The molecule has 0 spiro atoms. The molecule has 0 fully saturated rings. The Balaban J connectivity index is 2.80. The summed E-state index contributed by atoms with van der Waals surface area (Å²) in [5, 5.41) is 21.9. The monoisotopic (exact) mass is 273 g/mol. The van der Waals surface area contributed by atoms with Gasteiger partial charge in [-0.2, -0.15) is 0 Å². The molecule has 2 rings (SSSR count). The number of phenolic OH excluding ortho intramolecular Hbond substituents is 1. The first-order valence-corrected chi connectivity index (χ1v) is 5.31. The summed E-state index contributed by atoms with van der Waals surface area (Å²) in [5.74, 6) is 0.0130. The molecule has 4 nitrogen and oxygen atoms in total. The fourth-order valence-corrected chi connectivity index (χ4v) is 2.59. The molecule has 0 unspecified atom stereocenters. The lowest BCUT2D eigenvalue weighted by molar-refractivity contribution is -0.382. The van der Waals surface area contributed by atoms with Gasteiger partial charge in [-0.15, -0.1) is 11.3 Å². The van der Waals surface area contributed by atoms with Crippen molar-refractivity contribution in [3.63, 3.8) is 0 Å². The molecule has 6 heteroatoms. The first kappa shape index (κ1) is 9.42. The molecule has 0 aliphatic carbocycles. The van der Waals surface area contributed by atoms with Gasteiger partial charge >= 0.3 is 0 Å². The molecule has 0 amide bonds. The van der Waals surface area contributed by atoms with Crippen molar-refractivity contribution in [2.45, 2.75) is 0 Å². The number of hydrogen-bond donors (Lipinski definition) is 1. The predicted molar refractivity (Wildman–Crippen MR) is 57.8 cm³/mol. The molecule has 0 radical (unpaired) electrons. The number of fused-ring (bicyclic) bond motifs is 1. The van der Waals surface area contributed by atoms with E-state index in [-0.39, 0.29) is 11.4 Å². The van der Waals surface area contributed by atoms with Crippen LogP contribution in [0.4, 0.5) is 5.69 Å². The normalized spacial score (nSPS) is 10.6. The van der Waals surface area contributed by atoms with Crippen molar-refractivity contribution in [2.75, 3.05) is 0 Å². The Morgan fingerprint density at radius 2 is 2.21 bits per heavy atom. The van der Waals surface area contributed by atoms with Gasteiger partial charge in [0.2, 0.25) is 0 Å². The number of thiophene rings is 1. The van der Waals surface area contributed by atoms with Crippen LogP contribution in [0.1, 0.15) is 0 Å². The molecule has 1 aromatic heterocycles. The van der Waals surface area contributed by atoms with Crippen molar-refractivity contribution in [3.8, 4) is 5.75 Å². The Morgan fingerprint density at radius 1 is 1.50 bits per heavy atom. The Hall–Kier alpha value is -1.14. The molecule has 2 aromatic rings. The molecule has 14 heavy (non-hydrogen) atoms. The van der Waals surface area contributed by atoms with E-state index < -0.39 is 4.92 Å². The number of hydrogen-bond acceptors (Lipinski definition) is 4. The van der Waals surface area contributed by atoms with Crippen LogP contribution >= 0.6 is 27.3 Å². The molecule has 0 aliphatic heterocycles. The van der Waals surface area contributed by atoms with Crippen LogP contribution in [0.2, 0.25) is 0 Å². The summed E-state index contributed by atoms with van der Waals surface area (Å²) in [6.45, 7) is 0. The van der Waals surface area contributed by atoms with Crippen molar-refractivity contribution in [1.82, 2.24) is 0 Å². The van der Waals surface area contributed by atoms with Crippen molar-refractivity contribution >= 4 is 43.0 Å². The third kappa shape index (κ3) is 1.36. The summed E-state index contributed by atoms with van der Waals surface area (Å²) < 4.78 is 1.32. The Kier molecular flexibility index (Phi) is 2.16. The van der Waals surface area contributed by atoms with Crippen LogP contribution in [0, 0.1) is 10.1 Å². The highest BCUT2D eigenvalue weighted by atomic mass is 79.9. The van der Waals surface area contributed by atoms with Crippen LogP contribution < -0.4 is 0 Å². The second-order valence-electron chi connectivity index (χ2n) is 2.68. The van der Waals surface area contributed by atoms with E-state index in [1.54, 1.807) is 6.07 Å². The SMILES string of the molecule is O=[N+]([O-])c1csc2cc(Br)c(O)cc12. The van der Waals surface area contributed by atoms with Gasteiger partial charge in [-0.1, -0.05) is 0 Å². The maximum Gasteiger partial charge on any atom is 0.287 e. The van der Waals surface area contributed by atoms with Crippen LogP contribution in [0.25, 0.3) is 10.1 Å². The van der Waals surface area contributed by atoms with Gasteiger partial charge in [-0.25, -0.2) is 0 Å². The van der Waals surface area contributed by atoms with Gasteiger partial charge in [-0.3, -0.25) is 10.1 Å². The maximum absolute atomic E-state index is 10.6. The van der Waals surface area contributed by atoms with Crippen molar-refractivity contribution in [2.24, 2.45) is 0 Å². The van der Waals surface area contributed by atoms with E-state index in [0.29, 0.717) is 9.86 Å². The number of rotatable bonds is 1. The molecule has 72 valence electrons. The van der Waals surface area contributed by atoms with E-state index in [1.807, 2.05) is 0 Å². The minimum atomic E-state index is -0.452. The van der Waals surface area contributed by atoms with Gasteiger partial charge in [0, 0.05) is 4.70 Å². The molecule has 0 saturated carbocycles. The van der Waals surface area contributed by atoms with Crippen molar-refractivity contribution in [3.05, 3.63) is 32.1 Å². The predicted octanol–water partition coefficient (Wildman–Crippen LogP) is 3.28. The molecule has 1 heterocycles. The summed E-state index contributed by atoms with van der Waals surface area (Å²) in [4.78, 5) is 10.1. The van der Waals surface area contributed by atoms with Gasteiger partial charge in [0.05, 0.1) is 20.2 Å². The number of nitrogens with zero attached hydrogens (tertiary/aromatic N) is 1. The number of nitro groups is 1. The lowest BCUT2D eigenvalue weighted by Crippen LogP contribution is -1.84. The Morgan fingerprint density at radius 3 is 2.86 bits per heavy atom. The zero-order valence-electron chi connectivity index (χ0n) is 6.73. The number of halogens is 1. The highest BCUT2D eigenvalue weighted by Crippen LogP contribution is 2.37. The third-order valence-electron chi connectivity index (χ3n) is 1.82. The van der Waals surface area contributed by atoms with Crippen molar-refractivity contribution in [1.29, 1.82) is 0 Å². The summed E-state index contributed by atoms with van der Waals surface area (Å²) in [6.07, 6.45) is 0. The lowest BCUT2D eigenvalue weighted by atomic mass is 10.2. The average Bonchev–Trinajstić information content (AvgIpc) is 2.48. The van der Waals surface area contributed by atoms with Crippen LogP contribution in [-0.4, -0.2) is 10.0 Å². The first-order valence-electron chi connectivity index (χ1n) is 3.63. The molecule has 1 aromatic carbocycles. The second-order valence-corrected chi connectivity index (χ2v) is 4.44. The molecule has 0 atom stereocenters. The Labute approximate surface area is 91.1 Å². The first-order chi connectivity index (χ1) is 6.59. The average molecular weight is 274 g/mol. The molecular weight excluding hydrogens is 270 g/mol. The largest absolute Gasteiger partial charge is 0.507 e. The fourth-order valence-electron chi connectivity index (χ4n) is 1.17. The smallest absolute Gasteiger partial charge is 0.287 e. The number of benzene rings is 1. The summed E-state index contributed by atoms with van der Waals surface area (Å²) in [7, 11) is 0. The van der Waals surface area contributed by atoms with E-state index in [4.69, 9.17) is 0 Å². The van der Waals surface area contributed by atoms with Gasteiger partial charge < -0.3 is 5.11 Å². The fraction of sp³-hybridized carbons (Fsp3) is 0. The summed E-state index contributed by atoms with van der Waals surface area (Å²) in [6, 6.07) is 3.07. The minimum Gasteiger partial charge on any atom is -0.507 e. The van der Waals surface area contributed by atoms with Crippen LogP contribution in [0.5, 0.6) is 5.75 Å².